The highest BCUT2D eigenvalue weighted by atomic mass is 16.5. The van der Waals surface area contributed by atoms with Crippen molar-refractivity contribution < 1.29 is 14.6 Å². The Kier molecular flexibility index (Phi) is 4.53. The summed E-state index contributed by atoms with van der Waals surface area (Å²) in [4.78, 5) is 11.2. The first-order valence-corrected chi connectivity index (χ1v) is 6.47. The molecule has 0 amide bonds. The van der Waals surface area contributed by atoms with E-state index in [4.69, 9.17) is 9.84 Å². The number of aromatic nitrogens is 2. The number of ether oxygens (including phenoxy) is 1. The molecule has 0 bridgehead atoms. The van der Waals surface area contributed by atoms with Gasteiger partial charge in [0.2, 0.25) is 0 Å². The summed E-state index contributed by atoms with van der Waals surface area (Å²) in [5, 5.41) is 13.4. The van der Waals surface area contributed by atoms with Crippen LogP contribution >= 0.6 is 0 Å². The highest BCUT2D eigenvalue weighted by Gasteiger charge is 2.10. The zero-order valence-electron chi connectivity index (χ0n) is 11.7. The van der Waals surface area contributed by atoms with Crippen molar-refractivity contribution >= 4 is 5.97 Å². The number of carboxylic acids is 1. The van der Waals surface area contributed by atoms with E-state index in [1.54, 1.807) is 26.3 Å². The average molecular weight is 274 g/mol. The summed E-state index contributed by atoms with van der Waals surface area (Å²) < 4.78 is 6.85. The van der Waals surface area contributed by atoms with E-state index in [0.717, 1.165) is 29.7 Å². The second-order valence-electron chi connectivity index (χ2n) is 4.67. The van der Waals surface area contributed by atoms with Gasteiger partial charge in [-0.1, -0.05) is 12.1 Å². The summed E-state index contributed by atoms with van der Waals surface area (Å²) in [5.74, 6) is -0.906. The predicted octanol–water partition coefficient (Wildman–Crippen LogP) is 2.59. The molecule has 2 rings (SSSR count). The Hall–Kier alpha value is -2.14. The minimum atomic E-state index is -0.906. The molecule has 0 saturated heterocycles. The van der Waals surface area contributed by atoms with Crippen molar-refractivity contribution in [3.8, 4) is 11.1 Å². The van der Waals surface area contributed by atoms with Crippen molar-refractivity contribution in [1.82, 2.24) is 9.78 Å². The number of aryl methyl sites for hydroxylation is 2. The lowest BCUT2D eigenvalue weighted by molar-refractivity contribution is 0.0696. The SMILES string of the molecule is COCCCn1cc(-c2ccc(C)c(C(=O)O)c2)cn1. The Morgan fingerprint density at radius 1 is 1.40 bits per heavy atom. The summed E-state index contributed by atoms with van der Waals surface area (Å²) in [6, 6.07) is 5.42. The summed E-state index contributed by atoms with van der Waals surface area (Å²) >= 11 is 0. The number of hydrogen-bond acceptors (Lipinski definition) is 3. The van der Waals surface area contributed by atoms with Gasteiger partial charge < -0.3 is 9.84 Å². The van der Waals surface area contributed by atoms with Crippen LogP contribution in [-0.2, 0) is 11.3 Å². The molecule has 5 nitrogen and oxygen atoms in total. The van der Waals surface area contributed by atoms with Crippen LogP contribution in [0.2, 0.25) is 0 Å². The van der Waals surface area contributed by atoms with Crippen molar-refractivity contribution in [2.75, 3.05) is 13.7 Å². The molecule has 0 aliphatic rings. The van der Waals surface area contributed by atoms with Crippen molar-refractivity contribution in [3.63, 3.8) is 0 Å². The topological polar surface area (TPSA) is 64.3 Å². The smallest absolute Gasteiger partial charge is 0.335 e. The highest BCUT2D eigenvalue weighted by molar-refractivity contribution is 5.91. The summed E-state index contributed by atoms with van der Waals surface area (Å²) in [6.07, 6.45) is 4.57. The first-order valence-electron chi connectivity index (χ1n) is 6.47. The molecule has 5 heteroatoms. The van der Waals surface area contributed by atoms with E-state index in [2.05, 4.69) is 5.10 Å². The molecule has 0 aliphatic carbocycles. The number of hydrogen-bond donors (Lipinski definition) is 1. The van der Waals surface area contributed by atoms with Crippen LogP contribution in [0.5, 0.6) is 0 Å². The maximum Gasteiger partial charge on any atom is 0.335 e. The molecule has 1 heterocycles. The molecule has 0 spiro atoms. The van der Waals surface area contributed by atoms with E-state index >= 15 is 0 Å². The Morgan fingerprint density at radius 2 is 2.20 bits per heavy atom. The molecule has 1 aromatic heterocycles. The molecule has 1 aromatic carbocycles. The fourth-order valence-corrected chi connectivity index (χ4v) is 2.04. The highest BCUT2D eigenvalue weighted by Crippen LogP contribution is 2.22. The Morgan fingerprint density at radius 3 is 2.90 bits per heavy atom. The van der Waals surface area contributed by atoms with Gasteiger partial charge in [-0.2, -0.15) is 5.10 Å². The zero-order chi connectivity index (χ0) is 14.5. The monoisotopic (exact) mass is 274 g/mol. The Balaban J connectivity index is 2.19. The van der Waals surface area contributed by atoms with Crippen LogP contribution in [0.15, 0.2) is 30.6 Å². The van der Waals surface area contributed by atoms with E-state index in [9.17, 15) is 4.79 Å². The number of rotatable bonds is 6. The van der Waals surface area contributed by atoms with Crippen LogP contribution in [0, 0.1) is 6.92 Å². The van der Waals surface area contributed by atoms with Crippen LogP contribution < -0.4 is 0 Å². The molecule has 20 heavy (non-hydrogen) atoms. The second kappa shape index (κ2) is 6.34. The van der Waals surface area contributed by atoms with Crippen molar-refractivity contribution in [2.24, 2.45) is 0 Å². The maximum atomic E-state index is 11.2. The Labute approximate surface area is 117 Å². The van der Waals surface area contributed by atoms with Crippen molar-refractivity contribution in [3.05, 3.63) is 41.7 Å². The average Bonchev–Trinajstić information content (AvgIpc) is 2.88. The normalized spacial score (nSPS) is 10.7. The fraction of sp³-hybridized carbons (Fsp3) is 0.333. The molecule has 2 aromatic rings. The summed E-state index contributed by atoms with van der Waals surface area (Å²) in [6.45, 7) is 3.27. The minimum Gasteiger partial charge on any atom is -0.478 e. The van der Waals surface area contributed by atoms with Gasteiger partial charge in [-0.15, -0.1) is 0 Å². The van der Waals surface area contributed by atoms with Crippen LogP contribution in [0.3, 0.4) is 0 Å². The van der Waals surface area contributed by atoms with Crippen molar-refractivity contribution in [2.45, 2.75) is 19.9 Å². The number of aromatic carboxylic acids is 1. The number of methoxy groups -OCH3 is 1. The van der Waals surface area contributed by atoms with E-state index in [-0.39, 0.29) is 0 Å². The van der Waals surface area contributed by atoms with Gasteiger partial charge in [-0.05, 0) is 30.5 Å². The molecular formula is C15H18N2O3. The van der Waals surface area contributed by atoms with Crippen LogP contribution in [0.25, 0.3) is 11.1 Å². The van der Waals surface area contributed by atoms with Gasteiger partial charge >= 0.3 is 5.97 Å². The first-order chi connectivity index (χ1) is 9.61. The molecule has 0 fully saturated rings. The van der Waals surface area contributed by atoms with E-state index in [1.807, 2.05) is 23.0 Å². The predicted molar refractivity (Wildman–Crippen MR) is 75.9 cm³/mol. The molecular weight excluding hydrogens is 256 g/mol. The molecule has 106 valence electrons. The molecule has 1 N–H and O–H groups in total. The quantitative estimate of drug-likeness (QED) is 0.822. The molecule has 0 unspecified atom stereocenters. The summed E-state index contributed by atoms with van der Waals surface area (Å²) in [7, 11) is 1.67. The number of carboxylic acid groups (broad SMARTS) is 1. The third-order valence-electron chi connectivity index (χ3n) is 3.17. The second-order valence-corrected chi connectivity index (χ2v) is 4.67. The molecule has 0 aliphatic heterocycles. The van der Waals surface area contributed by atoms with Gasteiger partial charge in [0.1, 0.15) is 0 Å². The minimum absolute atomic E-state index is 0.328. The lowest BCUT2D eigenvalue weighted by Crippen LogP contribution is -2.01. The first kappa shape index (κ1) is 14.3. The van der Waals surface area contributed by atoms with Gasteiger partial charge in [0.15, 0.2) is 0 Å². The van der Waals surface area contributed by atoms with Crippen LogP contribution in [-0.4, -0.2) is 34.6 Å². The maximum absolute atomic E-state index is 11.2. The zero-order valence-corrected chi connectivity index (χ0v) is 11.7. The molecule has 0 radical (unpaired) electrons. The van der Waals surface area contributed by atoms with Gasteiger partial charge in [0.05, 0.1) is 11.8 Å². The number of carbonyl (C=O) groups is 1. The van der Waals surface area contributed by atoms with E-state index in [0.29, 0.717) is 12.2 Å². The molecule has 0 atom stereocenters. The van der Waals surface area contributed by atoms with Gasteiger partial charge in [-0.25, -0.2) is 4.79 Å². The largest absolute Gasteiger partial charge is 0.478 e. The Bertz CT molecular complexity index is 605. The fourth-order valence-electron chi connectivity index (χ4n) is 2.04. The number of nitrogens with zero attached hydrogens (tertiary/aromatic N) is 2. The molecule has 0 saturated carbocycles. The van der Waals surface area contributed by atoms with Gasteiger partial charge in [-0.3, -0.25) is 4.68 Å². The van der Waals surface area contributed by atoms with Gasteiger partial charge in [0, 0.05) is 32.0 Å². The lowest BCUT2D eigenvalue weighted by Gasteiger charge is -2.04. The van der Waals surface area contributed by atoms with E-state index in [1.165, 1.54) is 0 Å². The van der Waals surface area contributed by atoms with Crippen molar-refractivity contribution in [1.29, 1.82) is 0 Å². The standard InChI is InChI=1S/C15H18N2O3/c1-11-4-5-12(8-14(11)15(18)19)13-9-16-17(10-13)6-3-7-20-2/h4-5,8-10H,3,6-7H2,1-2H3,(H,18,19). The van der Waals surface area contributed by atoms with Crippen LogP contribution in [0.1, 0.15) is 22.3 Å². The number of benzene rings is 1. The lowest BCUT2D eigenvalue weighted by atomic mass is 10.0. The summed E-state index contributed by atoms with van der Waals surface area (Å²) in [5.41, 5.74) is 2.87. The van der Waals surface area contributed by atoms with Crippen LogP contribution in [0.4, 0.5) is 0 Å². The third-order valence-corrected chi connectivity index (χ3v) is 3.17. The van der Waals surface area contributed by atoms with Gasteiger partial charge in [0.25, 0.3) is 0 Å². The van der Waals surface area contributed by atoms with E-state index < -0.39 is 5.97 Å². The third kappa shape index (κ3) is 3.24.